The zero-order valence-electron chi connectivity index (χ0n) is 9.95. The van der Waals surface area contributed by atoms with Crippen molar-refractivity contribution in [1.82, 2.24) is 5.32 Å². The highest BCUT2D eigenvalue weighted by Gasteiger charge is 2.24. The third-order valence-corrected chi connectivity index (χ3v) is 3.26. The Hall–Kier alpha value is -1.13. The largest absolute Gasteiger partial charge is 0.497 e. The Morgan fingerprint density at radius 2 is 2.29 bits per heavy atom. The fraction of sp³-hybridized carbons (Fsp3) is 0.538. The fourth-order valence-electron chi connectivity index (χ4n) is 2.24. The molecule has 4 heteroatoms. The van der Waals surface area contributed by atoms with Crippen molar-refractivity contribution in [3.8, 4) is 5.75 Å². The Morgan fingerprint density at radius 3 is 2.88 bits per heavy atom. The van der Waals surface area contributed by atoms with E-state index in [9.17, 15) is 9.50 Å². The summed E-state index contributed by atoms with van der Waals surface area (Å²) in [6.07, 6.45) is 2.29. The molecule has 2 atom stereocenters. The SMILES string of the molecule is COc1ccc(C(O)C2CCCCN2)c(F)c1. The molecular formula is C13H18FNO2. The lowest BCUT2D eigenvalue weighted by molar-refractivity contribution is 0.110. The van der Waals surface area contributed by atoms with Gasteiger partial charge in [0.05, 0.1) is 13.2 Å². The second-order valence-electron chi connectivity index (χ2n) is 4.39. The third-order valence-electron chi connectivity index (χ3n) is 3.26. The van der Waals surface area contributed by atoms with E-state index in [0.717, 1.165) is 25.8 Å². The number of hydrogen-bond donors (Lipinski definition) is 2. The smallest absolute Gasteiger partial charge is 0.132 e. The number of ether oxygens (including phenoxy) is 1. The first-order valence-electron chi connectivity index (χ1n) is 5.97. The van der Waals surface area contributed by atoms with Crippen LogP contribution in [0, 0.1) is 5.82 Å². The van der Waals surface area contributed by atoms with Crippen LogP contribution in [0.1, 0.15) is 30.9 Å². The number of aliphatic hydroxyl groups is 1. The Labute approximate surface area is 101 Å². The second-order valence-corrected chi connectivity index (χ2v) is 4.39. The molecule has 0 saturated carbocycles. The van der Waals surface area contributed by atoms with Gasteiger partial charge >= 0.3 is 0 Å². The number of hydrogen-bond acceptors (Lipinski definition) is 3. The maximum atomic E-state index is 13.8. The van der Waals surface area contributed by atoms with Gasteiger partial charge in [-0.05, 0) is 31.5 Å². The van der Waals surface area contributed by atoms with E-state index in [1.54, 1.807) is 12.1 Å². The van der Waals surface area contributed by atoms with E-state index in [1.807, 2.05) is 0 Å². The van der Waals surface area contributed by atoms with Crippen LogP contribution in [0.5, 0.6) is 5.75 Å². The first kappa shape index (κ1) is 12.3. The van der Waals surface area contributed by atoms with E-state index in [0.29, 0.717) is 11.3 Å². The van der Waals surface area contributed by atoms with Crippen molar-refractivity contribution in [3.63, 3.8) is 0 Å². The van der Waals surface area contributed by atoms with Crippen molar-refractivity contribution in [1.29, 1.82) is 0 Å². The van der Waals surface area contributed by atoms with Gasteiger partial charge in [0.15, 0.2) is 0 Å². The first-order chi connectivity index (χ1) is 8.22. The molecule has 0 aromatic heterocycles. The number of aliphatic hydroxyl groups excluding tert-OH is 1. The standard InChI is InChI=1S/C13H18FNO2/c1-17-9-5-6-10(11(14)8-9)13(16)12-4-2-3-7-15-12/h5-6,8,12-13,15-16H,2-4,7H2,1H3. The minimum Gasteiger partial charge on any atom is -0.497 e. The van der Waals surface area contributed by atoms with E-state index in [4.69, 9.17) is 4.74 Å². The lowest BCUT2D eigenvalue weighted by Gasteiger charge is -2.28. The van der Waals surface area contributed by atoms with E-state index in [1.165, 1.54) is 13.2 Å². The minimum atomic E-state index is -0.791. The summed E-state index contributed by atoms with van der Waals surface area (Å²) >= 11 is 0. The van der Waals surface area contributed by atoms with Crippen molar-refractivity contribution < 1.29 is 14.2 Å². The van der Waals surface area contributed by atoms with E-state index in [-0.39, 0.29) is 6.04 Å². The number of nitrogens with one attached hydrogen (secondary N) is 1. The molecule has 2 N–H and O–H groups in total. The molecule has 1 aliphatic heterocycles. The Morgan fingerprint density at radius 1 is 1.47 bits per heavy atom. The lowest BCUT2D eigenvalue weighted by Crippen LogP contribution is -2.39. The molecule has 3 nitrogen and oxygen atoms in total. The maximum Gasteiger partial charge on any atom is 0.132 e. The van der Waals surface area contributed by atoms with E-state index in [2.05, 4.69) is 5.32 Å². The van der Waals surface area contributed by atoms with Gasteiger partial charge in [-0.15, -0.1) is 0 Å². The predicted molar refractivity (Wildman–Crippen MR) is 63.6 cm³/mol. The number of halogens is 1. The summed E-state index contributed by atoms with van der Waals surface area (Å²) in [5.41, 5.74) is 0.338. The normalized spacial score (nSPS) is 22.2. The van der Waals surface area contributed by atoms with Crippen molar-refractivity contribution in [2.75, 3.05) is 13.7 Å². The van der Waals surface area contributed by atoms with Gasteiger partial charge in [0, 0.05) is 17.7 Å². The van der Waals surface area contributed by atoms with Crippen molar-refractivity contribution in [2.24, 2.45) is 0 Å². The zero-order chi connectivity index (χ0) is 12.3. The van der Waals surface area contributed by atoms with E-state index >= 15 is 0 Å². The molecule has 2 rings (SSSR count). The predicted octanol–water partition coefficient (Wildman–Crippen LogP) is 2.01. The van der Waals surface area contributed by atoms with Crippen molar-refractivity contribution >= 4 is 0 Å². The van der Waals surface area contributed by atoms with Crippen LogP contribution < -0.4 is 10.1 Å². The van der Waals surface area contributed by atoms with Crippen LogP contribution in [0.15, 0.2) is 18.2 Å². The highest BCUT2D eigenvalue weighted by atomic mass is 19.1. The number of piperidine rings is 1. The van der Waals surface area contributed by atoms with Gasteiger partial charge in [-0.25, -0.2) is 4.39 Å². The molecule has 94 valence electrons. The number of benzene rings is 1. The summed E-state index contributed by atoms with van der Waals surface area (Å²) in [6.45, 7) is 0.888. The van der Waals surface area contributed by atoms with Crippen LogP contribution in [0.2, 0.25) is 0 Å². The first-order valence-corrected chi connectivity index (χ1v) is 5.97. The summed E-state index contributed by atoms with van der Waals surface area (Å²) in [5.74, 6) is 0.0549. The molecule has 0 aliphatic carbocycles. The molecule has 1 aliphatic rings. The topological polar surface area (TPSA) is 41.5 Å². The van der Waals surface area contributed by atoms with Crippen LogP contribution in [-0.2, 0) is 0 Å². The third kappa shape index (κ3) is 2.76. The molecule has 1 aromatic rings. The van der Waals surface area contributed by atoms with Crippen LogP contribution in [0.3, 0.4) is 0 Å². The molecular weight excluding hydrogens is 221 g/mol. The molecule has 0 radical (unpaired) electrons. The summed E-state index contributed by atoms with van der Waals surface area (Å²) in [5, 5.41) is 13.4. The maximum absolute atomic E-state index is 13.8. The fourth-order valence-corrected chi connectivity index (χ4v) is 2.24. The van der Waals surface area contributed by atoms with Gasteiger partial charge in [0.2, 0.25) is 0 Å². The molecule has 1 aromatic carbocycles. The van der Waals surface area contributed by atoms with Crippen LogP contribution in [0.25, 0.3) is 0 Å². The van der Waals surface area contributed by atoms with Crippen LogP contribution in [0.4, 0.5) is 4.39 Å². The van der Waals surface area contributed by atoms with Gasteiger partial charge in [-0.3, -0.25) is 0 Å². The van der Waals surface area contributed by atoms with Gasteiger partial charge in [0.1, 0.15) is 11.6 Å². The van der Waals surface area contributed by atoms with Crippen molar-refractivity contribution in [3.05, 3.63) is 29.6 Å². The second kappa shape index (κ2) is 5.47. The molecule has 0 spiro atoms. The van der Waals surface area contributed by atoms with Gasteiger partial charge in [-0.2, -0.15) is 0 Å². The van der Waals surface area contributed by atoms with Crippen LogP contribution >= 0.6 is 0 Å². The van der Waals surface area contributed by atoms with Gasteiger partial charge in [-0.1, -0.05) is 6.42 Å². The molecule has 1 heterocycles. The van der Waals surface area contributed by atoms with Gasteiger partial charge < -0.3 is 15.2 Å². The average molecular weight is 239 g/mol. The molecule has 1 fully saturated rings. The summed E-state index contributed by atoms with van der Waals surface area (Å²) in [6, 6.07) is 4.52. The Balaban J connectivity index is 2.15. The lowest BCUT2D eigenvalue weighted by atomic mass is 9.94. The monoisotopic (exact) mass is 239 g/mol. The molecule has 2 unspecified atom stereocenters. The Bertz CT molecular complexity index is 378. The molecule has 0 bridgehead atoms. The molecule has 0 amide bonds. The molecule has 1 saturated heterocycles. The summed E-state index contributed by atoms with van der Waals surface area (Å²) in [7, 11) is 1.49. The average Bonchev–Trinajstić information content (AvgIpc) is 2.39. The van der Waals surface area contributed by atoms with Gasteiger partial charge in [0.25, 0.3) is 0 Å². The highest BCUT2D eigenvalue weighted by molar-refractivity contribution is 5.30. The zero-order valence-corrected chi connectivity index (χ0v) is 9.95. The van der Waals surface area contributed by atoms with E-state index < -0.39 is 11.9 Å². The quantitative estimate of drug-likeness (QED) is 0.847. The highest BCUT2D eigenvalue weighted by Crippen LogP contribution is 2.27. The summed E-state index contributed by atoms with van der Waals surface area (Å²) < 4.78 is 18.7. The van der Waals surface area contributed by atoms with Crippen molar-refractivity contribution in [2.45, 2.75) is 31.4 Å². The number of methoxy groups -OCH3 is 1. The van der Waals surface area contributed by atoms with Crippen LogP contribution in [-0.4, -0.2) is 24.8 Å². The minimum absolute atomic E-state index is 0.0494. The Kier molecular flexibility index (Phi) is 3.97. The summed E-state index contributed by atoms with van der Waals surface area (Å²) in [4.78, 5) is 0. The molecule has 17 heavy (non-hydrogen) atoms. The number of rotatable bonds is 3.